The Balaban J connectivity index is 1.63. The van der Waals surface area contributed by atoms with Crippen molar-refractivity contribution in [1.82, 2.24) is 5.43 Å². The minimum absolute atomic E-state index is 0.155. The van der Waals surface area contributed by atoms with E-state index in [9.17, 15) is 9.59 Å². The number of carbonyl (C=O) groups excluding carboxylic acids is 1. The molecule has 170 valence electrons. The molecular formula is C23H17Cl2IN2O5. The van der Waals surface area contributed by atoms with Crippen molar-refractivity contribution in [3.63, 3.8) is 0 Å². The fourth-order valence-electron chi connectivity index (χ4n) is 2.72. The zero-order valence-corrected chi connectivity index (χ0v) is 20.8. The molecule has 10 heteroatoms. The maximum atomic E-state index is 12.3. The molecule has 0 aliphatic rings. The summed E-state index contributed by atoms with van der Waals surface area (Å²) in [7, 11) is 1.53. The molecule has 0 atom stereocenters. The minimum Gasteiger partial charge on any atom is -0.496 e. The summed E-state index contributed by atoms with van der Waals surface area (Å²) in [5, 5.41) is 13.4. The maximum absolute atomic E-state index is 12.3. The minimum atomic E-state index is -1.000. The van der Waals surface area contributed by atoms with Gasteiger partial charge < -0.3 is 14.6 Å². The number of hydrogen-bond acceptors (Lipinski definition) is 5. The summed E-state index contributed by atoms with van der Waals surface area (Å²) in [6.45, 7) is 0.155. The van der Waals surface area contributed by atoms with E-state index in [4.69, 9.17) is 37.8 Å². The number of carbonyl (C=O) groups is 2. The van der Waals surface area contributed by atoms with E-state index in [0.717, 1.165) is 9.13 Å². The van der Waals surface area contributed by atoms with Gasteiger partial charge in [0.1, 0.15) is 12.4 Å². The molecule has 0 unspecified atom stereocenters. The van der Waals surface area contributed by atoms with Crippen molar-refractivity contribution in [3.8, 4) is 11.5 Å². The summed E-state index contributed by atoms with van der Waals surface area (Å²) in [5.74, 6) is -0.515. The highest BCUT2D eigenvalue weighted by Gasteiger charge is 2.11. The number of hydrogen-bond donors (Lipinski definition) is 2. The first kappa shape index (κ1) is 24.8. The largest absolute Gasteiger partial charge is 0.496 e. The number of benzene rings is 3. The van der Waals surface area contributed by atoms with E-state index in [1.807, 2.05) is 0 Å². The maximum Gasteiger partial charge on any atom is 0.335 e. The van der Waals surface area contributed by atoms with E-state index in [1.165, 1.54) is 25.5 Å². The van der Waals surface area contributed by atoms with Gasteiger partial charge in [0.05, 0.1) is 32.5 Å². The third-order valence-corrected chi connectivity index (χ3v) is 5.85. The summed E-state index contributed by atoms with van der Waals surface area (Å²) < 4.78 is 11.8. The van der Waals surface area contributed by atoms with Crippen LogP contribution in [0.4, 0.5) is 0 Å². The smallest absolute Gasteiger partial charge is 0.335 e. The highest BCUT2D eigenvalue weighted by atomic mass is 127. The van der Waals surface area contributed by atoms with Crippen LogP contribution in [0, 0.1) is 3.57 Å². The van der Waals surface area contributed by atoms with Crippen molar-refractivity contribution in [2.75, 3.05) is 7.11 Å². The molecule has 0 aromatic heterocycles. The number of hydrazone groups is 1. The molecule has 0 spiro atoms. The lowest BCUT2D eigenvalue weighted by Gasteiger charge is -2.11. The average Bonchev–Trinajstić information content (AvgIpc) is 2.79. The van der Waals surface area contributed by atoms with Gasteiger partial charge in [-0.1, -0.05) is 35.3 Å². The van der Waals surface area contributed by atoms with Crippen LogP contribution in [0.1, 0.15) is 31.8 Å². The van der Waals surface area contributed by atoms with Crippen molar-refractivity contribution in [2.45, 2.75) is 6.61 Å². The van der Waals surface area contributed by atoms with Crippen LogP contribution in [0.25, 0.3) is 0 Å². The van der Waals surface area contributed by atoms with Crippen LogP contribution in [0.3, 0.4) is 0 Å². The molecule has 7 nitrogen and oxygen atoms in total. The number of nitrogens with one attached hydrogen (secondary N) is 1. The van der Waals surface area contributed by atoms with Crippen LogP contribution in [-0.4, -0.2) is 30.3 Å². The normalized spacial score (nSPS) is 10.8. The van der Waals surface area contributed by atoms with Crippen LogP contribution in [0.2, 0.25) is 10.0 Å². The van der Waals surface area contributed by atoms with Crippen molar-refractivity contribution < 1.29 is 24.2 Å². The third kappa shape index (κ3) is 6.59. The van der Waals surface area contributed by atoms with Gasteiger partial charge in [0, 0.05) is 5.56 Å². The Morgan fingerprint density at radius 2 is 1.70 bits per heavy atom. The van der Waals surface area contributed by atoms with E-state index in [0.29, 0.717) is 16.9 Å². The Morgan fingerprint density at radius 3 is 2.30 bits per heavy atom. The lowest BCUT2D eigenvalue weighted by atomic mass is 10.1. The molecule has 3 aromatic rings. The Kier molecular flexibility index (Phi) is 8.54. The standard InChI is InChI=1S/C23H17Cl2IN2O5/c1-32-20-10-16(6-7-19(20)26)22(29)28-27-11-14-8-17(24)21(18(25)9-14)33-12-13-2-4-15(5-3-13)23(30)31/h2-11H,12H2,1H3,(H,28,29)(H,30,31)/b27-11-. The van der Waals surface area contributed by atoms with Crippen molar-refractivity contribution >= 4 is 63.9 Å². The van der Waals surface area contributed by atoms with Crippen LogP contribution >= 0.6 is 45.8 Å². The van der Waals surface area contributed by atoms with Gasteiger partial charge in [0.15, 0.2) is 5.75 Å². The molecular weight excluding hydrogens is 582 g/mol. The predicted molar refractivity (Wildman–Crippen MR) is 135 cm³/mol. The first-order chi connectivity index (χ1) is 15.8. The van der Waals surface area contributed by atoms with Gasteiger partial charge in [-0.3, -0.25) is 4.79 Å². The molecule has 0 bridgehead atoms. The second-order valence-electron chi connectivity index (χ2n) is 6.65. The molecule has 0 saturated heterocycles. The Labute approximate surface area is 213 Å². The van der Waals surface area contributed by atoms with E-state index in [1.54, 1.807) is 42.5 Å². The van der Waals surface area contributed by atoms with Gasteiger partial charge in [-0.25, -0.2) is 10.2 Å². The molecule has 3 aromatic carbocycles. The van der Waals surface area contributed by atoms with Crippen LogP contribution in [0.5, 0.6) is 11.5 Å². The quantitative estimate of drug-likeness (QED) is 0.198. The zero-order chi connectivity index (χ0) is 24.0. The van der Waals surface area contributed by atoms with Crippen LogP contribution in [0.15, 0.2) is 59.7 Å². The molecule has 0 saturated carbocycles. The number of aromatic carboxylic acids is 1. The van der Waals surface area contributed by atoms with Crippen molar-refractivity contribution in [1.29, 1.82) is 0 Å². The number of ether oxygens (including phenoxy) is 2. The molecule has 33 heavy (non-hydrogen) atoms. The SMILES string of the molecule is COc1cc(C(=O)N/N=C\c2cc(Cl)c(OCc3ccc(C(=O)O)cc3)c(Cl)c2)ccc1I. The van der Waals surface area contributed by atoms with Crippen molar-refractivity contribution in [2.24, 2.45) is 5.10 Å². The number of amides is 1. The summed E-state index contributed by atoms with van der Waals surface area (Å²) in [5.41, 5.74) is 4.35. The Bertz CT molecular complexity index is 1190. The number of methoxy groups -OCH3 is 1. The average molecular weight is 599 g/mol. The lowest BCUT2D eigenvalue weighted by Crippen LogP contribution is -2.17. The Hall–Kier alpha value is -2.82. The number of halogens is 3. The first-order valence-corrected chi connectivity index (χ1v) is 11.2. The molecule has 2 N–H and O–H groups in total. The number of carboxylic acids is 1. The van der Waals surface area contributed by atoms with Gasteiger partial charge >= 0.3 is 5.97 Å². The number of rotatable bonds is 8. The summed E-state index contributed by atoms with van der Waals surface area (Å²) >= 11 is 14.7. The van der Waals surface area contributed by atoms with E-state index >= 15 is 0 Å². The fourth-order valence-corrected chi connectivity index (χ4v) is 3.89. The second kappa shape index (κ2) is 11.4. The molecule has 0 fully saturated rings. The van der Waals surface area contributed by atoms with Gasteiger partial charge in [-0.15, -0.1) is 0 Å². The van der Waals surface area contributed by atoms with Crippen LogP contribution in [-0.2, 0) is 6.61 Å². The summed E-state index contributed by atoms with van der Waals surface area (Å²) in [4.78, 5) is 23.2. The van der Waals surface area contributed by atoms with Gasteiger partial charge in [0.2, 0.25) is 0 Å². The van der Waals surface area contributed by atoms with Gasteiger partial charge in [0.25, 0.3) is 5.91 Å². The first-order valence-electron chi connectivity index (χ1n) is 9.39. The van der Waals surface area contributed by atoms with E-state index < -0.39 is 11.9 Å². The zero-order valence-electron chi connectivity index (χ0n) is 17.1. The number of carboxylic acid groups (broad SMARTS) is 1. The van der Waals surface area contributed by atoms with Crippen LogP contribution < -0.4 is 14.9 Å². The Morgan fingerprint density at radius 1 is 1.06 bits per heavy atom. The van der Waals surface area contributed by atoms with Gasteiger partial charge in [-0.05, 0) is 76.2 Å². The van der Waals surface area contributed by atoms with E-state index in [2.05, 4.69) is 33.1 Å². The molecule has 0 aliphatic carbocycles. The van der Waals surface area contributed by atoms with E-state index in [-0.39, 0.29) is 28.0 Å². The second-order valence-corrected chi connectivity index (χ2v) is 8.63. The lowest BCUT2D eigenvalue weighted by molar-refractivity contribution is 0.0696. The predicted octanol–water partition coefficient (Wildman–Crippen LogP) is 5.65. The fraction of sp³-hybridized carbons (Fsp3) is 0.0870. The third-order valence-electron chi connectivity index (χ3n) is 4.40. The van der Waals surface area contributed by atoms with Crippen molar-refractivity contribution in [3.05, 3.63) is 90.5 Å². The summed E-state index contributed by atoms with van der Waals surface area (Å²) in [6, 6.07) is 14.5. The molecule has 0 heterocycles. The molecule has 0 aliphatic heterocycles. The molecule has 1 amide bonds. The molecule has 0 radical (unpaired) electrons. The highest BCUT2D eigenvalue weighted by molar-refractivity contribution is 14.1. The monoisotopic (exact) mass is 598 g/mol. The van der Waals surface area contributed by atoms with Gasteiger partial charge in [-0.2, -0.15) is 5.10 Å². The number of nitrogens with zero attached hydrogens (tertiary/aromatic N) is 1. The summed E-state index contributed by atoms with van der Waals surface area (Å²) in [6.07, 6.45) is 1.41. The topological polar surface area (TPSA) is 97.2 Å². The highest BCUT2D eigenvalue weighted by Crippen LogP contribution is 2.34. The molecule has 3 rings (SSSR count).